The summed E-state index contributed by atoms with van der Waals surface area (Å²) in [7, 11) is 1.59. The van der Waals surface area contributed by atoms with Crippen molar-refractivity contribution in [3.05, 3.63) is 30.6 Å². The largest absolute Gasteiger partial charge is 0.497 e. The minimum absolute atomic E-state index is 0.0192. The predicted octanol–water partition coefficient (Wildman–Crippen LogP) is 1.13. The first kappa shape index (κ1) is 12.9. The molecular weight excluding hydrogens is 250 g/mol. The van der Waals surface area contributed by atoms with E-state index in [9.17, 15) is 4.79 Å². The monoisotopic (exact) mass is 263 g/mol. The fraction of sp³-hybridized carbons (Fsp3) is 0.250. The van der Waals surface area contributed by atoms with Crippen LogP contribution >= 0.6 is 0 Å². The molecule has 7 heteroatoms. The van der Waals surface area contributed by atoms with Crippen molar-refractivity contribution in [3.63, 3.8) is 0 Å². The molecule has 19 heavy (non-hydrogen) atoms. The van der Waals surface area contributed by atoms with E-state index >= 15 is 0 Å². The van der Waals surface area contributed by atoms with Crippen LogP contribution in [-0.2, 0) is 4.79 Å². The van der Waals surface area contributed by atoms with Gasteiger partial charge < -0.3 is 14.6 Å². The van der Waals surface area contributed by atoms with Gasteiger partial charge in [0.05, 0.1) is 12.8 Å². The molecule has 1 aromatic heterocycles. The number of nitrogens with zero attached hydrogens (tertiary/aromatic N) is 3. The predicted molar refractivity (Wildman–Crippen MR) is 65.6 cm³/mol. The minimum Gasteiger partial charge on any atom is -0.497 e. The lowest BCUT2D eigenvalue weighted by molar-refractivity contribution is -0.144. The second-order valence-electron chi connectivity index (χ2n) is 3.77. The van der Waals surface area contributed by atoms with Crippen LogP contribution in [-0.4, -0.2) is 39.1 Å². The Labute approximate surface area is 109 Å². The summed E-state index contributed by atoms with van der Waals surface area (Å²) in [5.74, 6) is -0.333. The molecule has 0 spiro atoms. The van der Waals surface area contributed by atoms with Gasteiger partial charge in [-0.3, -0.25) is 0 Å². The molecule has 0 saturated heterocycles. The number of ether oxygens (including phenoxy) is 2. The summed E-state index contributed by atoms with van der Waals surface area (Å²) in [6.45, 7) is 1.41. The topological polar surface area (TPSA) is 86.5 Å². The van der Waals surface area contributed by atoms with Crippen molar-refractivity contribution in [1.29, 1.82) is 0 Å². The smallest absolute Gasteiger partial charge is 0.344 e. The zero-order valence-corrected chi connectivity index (χ0v) is 10.5. The van der Waals surface area contributed by atoms with Gasteiger partial charge >= 0.3 is 12.0 Å². The number of carboxylic acids is 1. The highest BCUT2D eigenvalue weighted by Crippen LogP contribution is 2.15. The van der Waals surface area contributed by atoms with Crippen LogP contribution in [0.1, 0.15) is 6.92 Å². The maximum Gasteiger partial charge on any atom is 0.344 e. The summed E-state index contributed by atoms with van der Waals surface area (Å²) < 4.78 is 11.6. The normalized spacial score (nSPS) is 11.9. The van der Waals surface area contributed by atoms with E-state index in [2.05, 4.69) is 10.1 Å². The Balaban J connectivity index is 2.13. The Morgan fingerprint density at radius 2 is 2.05 bits per heavy atom. The minimum atomic E-state index is -1.07. The summed E-state index contributed by atoms with van der Waals surface area (Å²) in [5, 5.41) is 12.8. The molecule has 0 aliphatic heterocycles. The molecule has 0 amide bonds. The lowest BCUT2D eigenvalue weighted by atomic mass is 10.3. The van der Waals surface area contributed by atoms with Gasteiger partial charge in [-0.05, 0) is 31.2 Å². The fourth-order valence-corrected chi connectivity index (χ4v) is 1.37. The standard InChI is InChI=1S/C12H13N3O4/c1-8(11(16)17)19-12-13-7-15(14-12)9-3-5-10(18-2)6-4-9/h3-8H,1-2H3,(H,16,17). The van der Waals surface area contributed by atoms with Gasteiger partial charge in [-0.25, -0.2) is 9.48 Å². The van der Waals surface area contributed by atoms with E-state index < -0.39 is 12.1 Å². The van der Waals surface area contributed by atoms with Gasteiger partial charge in [-0.2, -0.15) is 4.98 Å². The van der Waals surface area contributed by atoms with Crippen molar-refractivity contribution in [2.45, 2.75) is 13.0 Å². The molecule has 2 rings (SSSR count). The first-order valence-electron chi connectivity index (χ1n) is 5.55. The molecule has 1 atom stereocenters. The van der Waals surface area contributed by atoms with Crippen molar-refractivity contribution in [2.75, 3.05) is 7.11 Å². The van der Waals surface area contributed by atoms with Crippen molar-refractivity contribution >= 4 is 5.97 Å². The van der Waals surface area contributed by atoms with Crippen LogP contribution in [0, 0.1) is 0 Å². The number of methoxy groups -OCH3 is 1. The number of aliphatic carboxylic acids is 1. The number of hydrogen-bond donors (Lipinski definition) is 1. The van der Waals surface area contributed by atoms with Crippen molar-refractivity contribution < 1.29 is 19.4 Å². The van der Waals surface area contributed by atoms with Crippen molar-refractivity contribution in [2.24, 2.45) is 0 Å². The maximum absolute atomic E-state index is 10.6. The molecule has 1 heterocycles. The molecule has 1 unspecified atom stereocenters. The number of aromatic nitrogens is 3. The fourth-order valence-electron chi connectivity index (χ4n) is 1.37. The maximum atomic E-state index is 10.6. The number of rotatable bonds is 5. The van der Waals surface area contributed by atoms with Crippen LogP contribution in [0.4, 0.5) is 0 Å². The Morgan fingerprint density at radius 1 is 1.37 bits per heavy atom. The van der Waals surface area contributed by atoms with Gasteiger partial charge in [0, 0.05) is 0 Å². The van der Waals surface area contributed by atoms with Crippen LogP contribution in [0.5, 0.6) is 11.8 Å². The van der Waals surface area contributed by atoms with Crippen molar-refractivity contribution in [1.82, 2.24) is 14.8 Å². The third-order valence-corrected chi connectivity index (χ3v) is 2.44. The van der Waals surface area contributed by atoms with E-state index in [-0.39, 0.29) is 6.01 Å². The third kappa shape index (κ3) is 3.01. The molecular formula is C12H13N3O4. The molecule has 0 bridgehead atoms. The van der Waals surface area contributed by atoms with Gasteiger partial charge in [0.2, 0.25) is 0 Å². The number of benzene rings is 1. The van der Waals surface area contributed by atoms with Gasteiger partial charge in [0.25, 0.3) is 0 Å². The molecule has 100 valence electrons. The van der Waals surface area contributed by atoms with E-state index in [1.807, 2.05) is 0 Å². The first-order valence-corrected chi connectivity index (χ1v) is 5.55. The van der Waals surface area contributed by atoms with Crippen LogP contribution < -0.4 is 9.47 Å². The second kappa shape index (κ2) is 5.38. The molecule has 0 aliphatic rings. The molecule has 2 aromatic rings. The summed E-state index contributed by atoms with van der Waals surface area (Å²) in [5.41, 5.74) is 0.770. The summed E-state index contributed by atoms with van der Waals surface area (Å²) in [4.78, 5) is 14.5. The molecule has 1 N–H and O–H groups in total. The van der Waals surface area contributed by atoms with Crippen LogP contribution in [0.15, 0.2) is 30.6 Å². The van der Waals surface area contributed by atoms with Gasteiger partial charge in [-0.1, -0.05) is 0 Å². The van der Waals surface area contributed by atoms with Crippen LogP contribution in [0.3, 0.4) is 0 Å². The van der Waals surface area contributed by atoms with Crippen LogP contribution in [0.2, 0.25) is 0 Å². The van der Waals surface area contributed by atoms with Gasteiger partial charge in [0.1, 0.15) is 12.1 Å². The van der Waals surface area contributed by atoms with E-state index in [0.29, 0.717) is 0 Å². The lowest BCUT2D eigenvalue weighted by Gasteiger charge is -2.05. The summed E-state index contributed by atoms with van der Waals surface area (Å²) in [6, 6.07) is 7.20. The van der Waals surface area contributed by atoms with E-state index in [1.165, 1.54) is 17.9 Å². The highest BCUT2D eigenvalue weighted by Gasteiger charge is 2.15. The Kier molecular flexibility index (Phi) is 3.65. The molecule has 0 aliphatic carbocycles. The summed E-state index contributed by atoms with van der Waals surface area (Å²) in [6.07, 6.45) is 0.456. The van der Waals surface area contributed by atoms with E-state index in [0.717, 1.165) is 11.4 Å². The highest BCUT2D eigenvalue weighted by atomic mass is 16.5. The number of carboxylic acid groups (broad SMARTS) is 1. The number of carbonyl (C=O) groups is 1. The van der Waals surface area contributed by atoms with Crippen molar-refractivity contribution in [3.8, 4) is 17.4 Å². The number of hydrogen-bond acceptors (Lipinski definition) is 5. The van der Waals surface area contributed by atoms with E-state index in [1.54, 1.807) is 31.4 Å². The zero-order valence-electron chi connectivity index (χ0n) is 10.5. The third-order valence-electron chi connectivity index (χ3n) is 2.44. The summed E-state index contributed by atoms with van der Waals surface area (Å²) >= 11 is 0. The molecule has 0 saturated carbocycles. The van der Waals surface area contributed by atoms with Crippen LogP contribution in [0.25, 0.3) is 5.69 Å². The average Bonchev–Trinajstić information content (AvgIpc) is 2.87. The average molecular weight is 263 g/mol. The second-order valence-corrected chi connectivity index (χ2v) is 3.77. The molecule has 0 radical (unpaired) electrons. The van der Waals surface area contributed by atoms with Gasteiger partial charge in [-0.15, -0.1) is 5.10 Å². The Bertz CT molecular complexity index is 565. The zero-order chi connectivity index (χ0) is 13.8. The molecule has 1 aromatic carbocycles. The van der Waals surface area contributed by atoms with Gasteiger partial charge in [0.15, 0.2) is 6.10 Å². The Hall–Kier alpha value is -2.57. The first-order chi connectivity index (χ1) is 9.10. The lowest BCUT2D eigenvalue weighted by Crippen LogP contribution is -2.23. The quantitative estimate of drug-likeness (QED) is 0.870. The SMILES string of the molecule is COc1ccc(-n2cnc(OC(C)C(=O)O)n2)cc1. The molecule has 0 fully saturated rings. The molecule has 7 nitrogen and oxygen atoms in total. The Morgan fingerprint density at radius 3 is 2.63 bits per heavy atom. The highest BCUT2D eigenvalue weighted by molar-refractivity contribution is 5.72. The van der Waals surface area contributed by atoms with E-state index in [4.69, 9.17) is 14.6 Å².